The van der Waals surface area contributed by atoms with Gasteiger partial charge in [-0.05, 0) is 24.3 Å². The summed E-state index contributed by atoms with van der Waals surface area (Å²) in [5.74, 6) is -0.177. The number of aromatic nitrogens is 2. The van der Waals surface area contributed by atoms with Gasteiger partial charge in [-0.2, -0.15) is 5.10 Å². The van der Waals surface area contributed by atoms with Gasteiger partial charge in [0.25, 0.3) is 17.3 Å². The third kappa shape index (κ3) is 5.26. The summed E-state index contributed by atoms with van der Waals surface area (Å²) in [5.41, 5.74) is 0.679. The van der Waals surface area contributed by atoms with Gasteiger partial charge >= 0.3 is 0 Å². The van der Waals surface area contributed by atoms with Gasteiger partial charge in [-0.15, -0.1) is 5.10 Å². The van der Waals surface area contributed by atoms with Crippen molar-refractivity contribution in [3.8, 4) is 0 Å². The first kappa shape index (κ1) is 21.1. The number of benzene rings is 2. The van der Waals surface area contributed by atoms with E-state index in [1.807, 2.05) is 25.1 Å². The first-order chi connectivity index (χ1) is 14.7. The van der Waals surface area contributed by atoms with Crippen molar-refractivity contribution in [2.24, 2.45) is 0 Å². The Labute approximate surface area is 175 Å². The number of hydrogen-bond acceptors (Lipinski definition) is 9. The number of anilines is 4. The second-order valence-electron chi connectivity index (χ2n) is 6.60. The van der Waals surface area contributed by atoms with Crippen LogP contribution in [0.2, 0.25) is 0 Å². The zero-order valence-electron chi connectivity index (χ0n) is 16.5. The fraction of sp³-hybridized carbons (Fsp3) is 0.105. The Morgan fingerprint density at radius 3 is 2.06 bits per heavy atom. The van der Waals surface area contributed by atoms with E-state index in [1.165, 1.54) is 0 Å². The molecular formula is C19H17N7O5. The third-order valence-electron chi connectivity index (χ3n) is 4.16. The molecule has 0 fully saturated rings. The summed E-state index contributed by atoms with van der Waals surface area (Å²) in [4.78, 5) is 34.7. The van der Waals surface area contributed by atoms with Crippen LogP contribution in [0, 0.1) is 20.2 Å². The molecule has 0 aliphatic heterocycles. The van der Waals surface area contributed by atoms with E-state index < -0.39 is 27.1 Å². The lowest BCUT2D eigenvalue weighted by atomic mass is 10.1. The van der Waals surface area contributed by atoms with Crippen molar-refractivity contribution in [2.75, 3.05) is 29.6 Å². The summed E-state index contributed by atoms with van der Waals surface area (Å²) >= 11 is 0. The van der Waals surface area contributed by atoms with Crippen molar-refractivity contribution in [1.82, 2.24) is 10.2 Å². The van der Waals surface area contributed by atoms with Gasteiger partial charge in [0.05, 0.1) is 33.4 Å². The largest absolute Gasteiger partial charge is 0.376 e. The molecule has 0 aliphatic carbocycles. The Balaban J connectivity index is 1.74. The van der Waals surface area contributed by atoms with Crippen LogP contribution in [0.15, 0.2) is 54.7 Å². The van der Waals surface area contributed by atoms with Gasteiger partial charge < -0.3 is 15.5 Å². The molecule has 1 amide bonds. The second-order valence-corrected chi connectivity index (χ2v) is 6.60. The highest BCUT2D eigenvalue weighted by Crippen LogP contribution is 2.24. The highest BCUT2D eigenvalue weighted by Gasteiger charge is 2.20. The predicted octanol–water partition coefficient (Wildman–Crippen LogP) is 3.35. The van der Waals surface area contributed by atoms with Crippen molar-refractivity contribution < 1.29 is 14.6 Å². The van der Waals surface area contributed by atoms with Gasteiger partial charge in [0.1, 0.15) is 0 Å². The Hall–Kier alpha value is -4.61. The number of nitro groups is 2. The zero-order chi connectivity index (χ0) is 22.5. The molecule has 1 heterocycles. The van der Waals surface area contributed by atoms with E-state index >= 15 is 0 Å². The van der Waals surface area contributed by atoms with Gasteiger partial charge in [-0.3, -0.25) is 25.0 Å². The molecule has 0 saturated heterocycles. The fourth-order valence-corrected chi connectivity index (χ4v) is 2.59. The van der Waals surface area contributed by atoms with E-state index in [1.54, 1.807) is 30.5 Å². The topological polar surface area (TPSA) is 156 Å². The lowest BCUT2D eigenvalue weighted by Gasteiger charge is -2.13. The maximum Gasteiger partial charge on any atom is 0.277 e. The molecule has 0 saturated carbocycles. The Bertz CT molecular complexity index is 1120. The van der Waals surface area contributed by atoms with Crippen LogP contribution in [0.25, 0.3) is 0 Å². The van der Waals surface area contributed by atoms with E-state index in [-0.39, 0.29) is 5.56 Å². The van der Waals surface area contributed by atoms with Crippen molar-refractivity contribution in [1.29, 1.82) is 0 Å². The number of non-ortho nitro benzene ring substituents is 2. The molecule has 0 radical (unpaired) electrons. The number of nitrogens with one attached hydrogen (secondary N) is 2. The van der Waals surface area contributed by atoms with Gasteiger partial charge in [0.15, 0.2) is 5.82 Å². The fourth-order valence-electron chi connectivity index (χ4n) is 2.59. The van der Waals surface area contributed by atoms with Crippen molar-refractivity contribution in [2.45, 2.75) is 0 Å². The summed E-state index contributed by atoms with van der Waals surface area (Å²) in [6.07, 6.45) is 1.63. The van der Waals surface area contributed by atoms with Crippen LogP contribution < -0.4 is 15.5 Å². The summed E-state index contributed by atoms with van der Waals surface area (Å²) in [6, 6.07) is 11.2. The van der Waals surface area contributed by atoms with E-state index in [9.17, 15) is 25.0 Å². The SMILES string of the molecule is CN(C)c1cnnc(Nc2ccc(NC(=O)c3cc([N+](=O)[O-])cc([N+](=O)[O-])c3)cc2)c1. The lowest BCUT2D eigenvalue weighted by Crippen LogP contribution is -2.12. The number of hydrogen-bond donors (Lipinski definition) is 2. The monoisotopic (exact) mass is 423 g/mol. The molecule has 158 valence electrons. The van der Waals surface area contributed by atoms with Crippen molar-refractivity contribution >= 4 is 40.2 Å². The van der Waals surface area contributed by atoms with Gasteiger partial charge in [-0.1, -0.05) is 0 Å². The molecular weight excluding hydrogens is 406 g/mol. The third-order valence-corrected chi connectivity index (χ3v) is 4.16. The van der Waals surface area contributed by atoms with Crippen LogP contribution >= 0.6 is 0 Å². The molecule has 3 rings (SSSR count). The minimum atomic E-state index is -0.793. The van der Waals surface area contributed by atoms with Crippen LogP contribution in [-0.4, -0.2) is 40.0 Å². The molecule has 1 aromatic heterocycles. The lowest BCUT2D eigenvalue weighted by molar-refractivity contribution is -0.394. The second kappa shape index (κ2) is 8.82. The number of nitro benzene ring substituents is 2. The minimum absolute atomic E-state index is 0.195. The van der Waals surface area contributed by atoms with Crippen LogP contribution in [-0.2, 0) is 0 Å². The molecule has 3 aromatic rings. The molecule has 0 unspecified atom stereocenters. The average molecular weight is 423 g/mol. The molecule has 0 bridgehead atoms. The Morgan fingerprint density at radius 1 is 0.935 bits per heavy atom. The molecule has 31 heavy (non-hydrogen) atoms. The smallest absolute Gasteiger partial charge is 0.277 e. The average Bonchev–Trinajstić information content (AvgIpc) is 2.74. The molecule has 12 nitrogen and oxygen atoms in total. The van der Waals surface area contributed by atoms with Crippen molar-refractivity contribution in [3.63, 3.8) is 0 Å². The van der Waals surface area contributed by atoms with Crippen LogP contribution in [0.4, 0.5) is 34.3 Å². The Morgan fingerprint density at radius 2 is 1.52 bits per heavy atom. The highest BCUT2D eigenvalue weighted by atomic mass is 16.6. The summed E-state index contributed by atoms with van der Waals surface area (Å²) < 4.78 is 0. The summed E-state index contributed by atoms with van der Waals surface area (Å²) in [5, 5.41) is 35.6. The number of carbonyl (C=O) groups is 1. The van der Waals surface area contributed by atoms with E-state index in [2.05, 4.69) is 20.8 Å². The number of nitrogens with zero attached hydrogens (tertiary/aromatic N) is 5. The number of amides is 1. The van der Waals surface area contributed by atoms with Crippen molar-refractivity contribution in [3.05, 3.63) is 80.5 Å². The first-order valence-corrected chi connectivity index (χ1v) is 8.85. The maximum absolute atomic E-state index is 12.4. The number of rotatable bonds is 7. The molecule has 12 heteroatoms. The van der Waals surface area contributed by atoms with Gasteiger partial charge in [0.2, 0.25) is 0 Å². The quantitative estimate of drug-likeness (QED) is 0.429. The van der Waals surface area contributed by atoms with E-state index in [4.69, 9.17) is 0 Å². The number of carbonyl (C=O) groups excluding carboxylic acids is 1. The Kier molecular flexibility index (Phi) is 6.00. The molecule has 0 spiro atoms. The van der Waals surface area contributed by atoms with Crippen LogP contribution in [0.1, 0.15) is 10.4 Å². The standard InChI is InChI=1S/C19H17N7O5/c1-24(2)17-10-18(23-20-11-17)21-13-3-5-14(6-4-13)22-19(27)12-7-15(25(28)29)9-16(8-12)26(30)31/h3-11H,1-2H3,(H,21,23)(H,22,27). The summed E-state index contributed by atoms with van der Waals surface area (Å²) in [6.45, 7) is 0. The van der Waals surface area contributed by atoms with Crippen LogP contribution in [0.5, 0.6) is 0 Å². The zero-order valence-corrected chi connectivity index (χ0v) is 16.5. The van der Waals surface area contributed by atoms with E-state index in [0.717, 1.165) is 23.9 Å². The van der Waals surface area contributed by atoms with Gasteiger partial charge in [-0.25, -0.2) is 0 Å². The molecule has 0 aliphatic rings. The minimum Gasteiger partial charge on any atom is -0.376 e. The molecule has 0 atom stereocenters. The first-order valence-electron chi connectivity index (χ1n) is 8.85. The predicted molar refractivity (Wildman–Crippen MR) is 114 cm³/mol. The van der Waals surface area contributed by atoms with Gasteiger partial charge in [0, 0.05) is 43.7 Å². The molecule has 2 aromatic carbocycles. The maximum atomic E-state index is 12.4. The normalized spacial score (nSPS) is 10.3. The van der Waals surface area contributed by atoms with E-state index in [0.29, 0.717) is 17.2 Å². The molecule has 2 N–H and O–H groups in total. The highest BCUT2D eigenvalue weighted by molar-refractivity contribution is 6.05. The summed E-state index contributed by atoms with van der Waals surface area (Å²) in [7, 11) is 3.77. The van der Waals surface area contributed by atoms with Crippen LogP contribution in [0.3, 0.4) is 0 Å².